The predicted molar refractivity (Wildman–Crippen MR) is 74.4 cm³/mol. The molecule has 1 aliphatic carbocycles. The molecule has 0 saturated heterocycles. The van der Waals surface area contributed by atoms with Crippen molar-refractivity contribution in [2.75, 3.05) is 6.61 Å². The molecule has 0 aliphatic heterocycles. The fraction of sp³-hybridized carbons (Fsp3) is 0.438. The molecule has 3 heteroatoms. The van der Waals surface area contributed by atoms with Crippen molar-refractivity contribution in [1.29, 1.82) is 0 Å². The van der Waals surface area contributed by atoms with Gasteiger partial charge >= 0.3 is 5.97 Å². The first-order valence-electron chi connectivity index (χ1n) is 6.84. The molecule has 0 radical (unpaired) electrons. The molecule has 1 saturated carbocycles. The second-order valence-electron chi connectivity index (χ2n) is 4.93. The van der Waals surface area contributed by atoms with Crippen LogP contribution in [0.5, 0.6) is 5.75 Å². The summed E-state index contributed by atoms with van der Waals surface area (Å²) in [6.45, 7) is 2.64. The van der Waals surface area contributed by atoms with Gasteiger partial charge in [0.2, 0.25) is 0 Å². The van der Waals surface area contributed by atoms with Crippen molar-refractivity contribution in [3.63, 3.8) is 0 Å². The summed E-state index contributed by atoms with van der Waals surface area (Å²) in [5.74, 6) is 0.446. The average molecular weight is 260 g/mol. The van der Waals surface area contributed by atoms with Crippen molar-refractivity contribution in [2.24, 2.45) is 5.92 Å². The highest BCUT2D eigenvalue weighted by molar-refractivity contribution is 5.80. The minimum Gasteiger partial charge on any atom is -0.494 e. The molecule has 0 aromatic heterocycles. The number of carboxylic acid groups (broad SMARTS) is 1. The number of hydrogen-bond acceptors (Lipinski definition) is 2. The third-order valence-electron chi connectivity index (χ3n) is 3.57. The maximum atomic E-state index is 10.8. The SMILES string of the molecule is CCOc1ccc(CC2CCC/C2=C\C(=O)O)cc1. The molecule has 1 aromatic carbocycles. The summed E-state index contributed by atoms with van der Waals surface area (Å²) in [7, 11) is 0. The highest BCUT2D eigenvalue weighted by Gasteiger charge is 2.21. The predicted octanol–water partition coefficient (Wildman–Crippen LogP) is 3.44. The standard InChI is InChI=1S/C16H20O3/c1-2-19-15-8-6-12(7-9-15)10-13-4-3-5-14(13)11-16(17)18/h6-9,11,13H,2-5,10H2,1H3,(H,17,18)/b14-11+. The monoisotopic (exact) mass is 260 g/mol. The Balaban J connectivity index is 2.02. The van der Waals surface area contributed by atoms with Crippen molar-refractivity contribution in [3.8, 4) is 5.75 Å². The molecular formula is C16H20O3. The normalized spacial score (nSPS) is 20.7. The van der Waals surface area contributed by atoms with Crippen LogP contribution in [0.3, 0.4) is 0 Å². The van der Waals surface area contributed by atoms with Gasteiger partial charge in [-0.3, -0.25) is 0 Å². The Hall–Kier alpha value is -1.77. The Morgan fingerprint density at radius 3 is 2.79 bits per heavy atom. The Labute approximate surface area is 113 Å². The molecule has 19 heavy (non-hydrogen) atoms. The van der Waals surface area contributed by atoms with E-state index in [-0.39, 0.29) is 0 Å². The lowest BCUT2D eigenvalue weighted by Gasteiger charge is -2.12. The molecule has 1 N–H and O–H groups in total. The minimum absolute atomic E-state index is 0.383. The quantitative estimate of drug-likeness (QED) is 0.825. The van der Waals surface area contributed by atoms with Gasteiger partial charge in [0.05, 0.1) is 6.61 Å². The van der Waals surface area contributed by atoms with Crippen molar-refractivity contribution in [2.45, 2.75) is 32.6 Å². The number of hydrogen-bond donors (Lipinski definition) is 1. The zero-order valence-electron chi connectivity index (χ0n) is 11.3. The maximum absolute atomic E-state index is 10.8. The zero-order chi connectivity index (χ0) is 13.7. The number of aliphatic carboxylic acids is 1. The van der Waals surface area contributed by atoms with Crippen molar-refractivity contribution in [1.82, 2.24) is 0 Å². The first kappa shape index (κ1) is 13.7. The molecule has 0 bridgehead atoms. The van der Waals surface area contributed by atoms with Crippen LogP contribution in [0.15, 0.2) is 35.9 Å². The van der Waals surface area contributed by atoms with Gasteiger partial charge in [-0.2, -0.15) is 0 Å². The lowest BCUT2D eigenvalue weighted by Crippen LogP contribution is -2.04. The average Bonchev–Trinajstić information content (AvgIpc) is 2.79. The van der Waals surface area contributed by atoms with Gasteiger partial charge in [0.15, 0.2) is 0 Å². The van der Waals surface area contributed by atoms with Gasteiger partial charge in [0, 0.05) is 6.08 Å². The summed E-state index contributed by atoms with van der Waals surface area (Å²) in [4.78, 5) is 10.8. The fourth-order valence-electron chi connectivity index (χ4n) is 2.70. The van der Waals surface area contributed by atoms with Crippen LogP contribution in [0.1, 0.15) is 31.7 Å². The molecule has 1 aromatic rings. The molecule has 0 spiro atoms. The van der Waals surface area contributed by atoms with Crippen LogP contribution in [0.4, 0.5) is 0 Å². The van der Waals surface area contributed by atoms with Crippen LogP contribution in [-0.2, 0) is 11.2 Å². The second kappa shape index (κ2) is 6.41. The first-order chi connectivity index (χ1) is 9.19. The molecule has 0 heterocycles. The number of carbonyl (C=O) groups is 1. The molecular weight excluding hydrogens is 240 g/mol. The van der Waals surface area contributed by atoms with E-state index in [4.69, 9.17) is 9.84 Å². The van der Waals surface area contributed by atoms with Crippen molar-refractivity contribution in [3.05, 3.63) is 41.5 Å². The van der Waals surface area contributed by atoms with E-state index in [0.717, 1.165) is 37.0 Å². The highest BCUT2D eigenvalue weighted by Crippen LogP contribution is 2.33. The topological polar surface area (TPSA) is 46.5 Å². The molecule has 1 fully saturated rings. The molecule has 3 nitrogen and oxygen atoms in total. The summed E-state index contributed by atoms with van der Waals surface area (Å²) >= 11 is 0. The second-order valence-corrected chi connectivity index (χ2v) is 4.93. The Morgan fingerprint density at radius 1 is 1.42 bits per heavy atom. The summed E-state index contributed by atoms with van der Waals surface area (Å²) in [5, 5.41) is 8.86. The van der Waals surface area contributed by atoms with Crippen LogP contribution < -0.4 is 4.74 Å². The highest BCUT2D eigenvalue weighted by atomic mass is 16.5. The molecule has 1 atom stereocenters. The van der Waals surface area contributed by atoms with Crippen molar-refractivity contribution >= 4 is 5.97 Å². The number of ether oxygens (including phenoxy) is 1. The van der Waals surface area contributed by atoms with Crippen LogP contribution in [0, 0.1) is 5.92 Å². The van der Waals surface area contributed by atoms with Gasteiger partial charge in [-0.15, -0.1) is 0 Å². The van der Waals surface area contributed by atoms with Gasteiger partial charge in [0.1, 0.15) is 5.75 Å². The van der Waals surface area contributed by atoms with E-state index < -0.39 is 5.97 Å². The summed E-state index contributed by atoms with van der Waals surface area (Å²) in [6, 6.07) is 8.10. The minimum atomic E-state index is -0.825. The van der Waals surface area contributed by atoms with E-state index in [1.54, 1.807) is 0 Å². The van der Waals surface area contributed by atoms with E-state index in [2.05, 4.69) is 12.1 Å². The van der Waals surface area contributed by atoms with Crippen molar-refractivity contribution < 1.29 is 14.6 Å². The van der Waals surface area contributed by atoms with E-state index in [0.29, 0.717) is 12.5 Å². The van der Waals surface area contributed by atoms with Crippen LogP contribution >= 0.6 is 0 Å². The Morgan fingerprint density at radius 2 is 2.16 bits per heavy atom. The fourth-order valence-corrected chi connectivity index (χ4v) is 2.70. The number of rotatable bonds is 5. The van der Waals surface area contributed by atoms with E-state index in [1.807, 2.05) is 19.1 Å². The van der Waals surface area contributed by atoms with Crippen LogP contribution in [-0.4, -0.2) is 17.7 Å². The number of allylic oxidation sites excluding steroid dienone is 1. The third kappa shape index (κ3) is 3.85. The maximum Gasteiger partial charge on any atom is 0.328 e. The summed E-state index contributed by atoms with van der Waals surface area (Å²) in [6.07, 6.45) is 5.43. The zero-order valence-corrected chi connectivity index (χ0v) is 11.3. The summed E-state index contributed by atoms with van der Waals surface area (Å²) in [5.41, 5.74) is 2.33. The Kier molecular flexibility index (Phi) is 4.61. The number of carboxylic acids is 1. The van der Waals surface area contributed by atoms with Gasteiger partial charge in [-0.25, -0.2) is 4.79 Å². The molecule has 1 unspecified atom stereocenters. The van der Waals surface area contributed by atoms with Crippen LogP contribution in [0.2, 0.25) is 0 Å². The first-order valence-corrected chi connectivity index (χ1v) is 6.84. The van der Waals surface area contributed by atoms with Gasteiger partial charge in [0.25, 0.3) is 0 Å². The lowest BCUT2D eigenvalue weighted by molar-refractivity contribution is -0.131. The summed E-state index contributed by atoms with van der Waals surface area (Å²) < 4.78 is 5.42. The molecule has 102 valence electrons. The van der Waals surface area contributed by atoms with E-state index in [1.165, 1.54) is 11.6 Å². The van der Waals surface area contributed by atoms with Crippen LogP contribution in [0.25, 0.3) is 0 Å². The largest absolute Gasteiger partial charge is 0.494 e. The smallest absolute Gasteiger partial charge is 0.328 e. The van der Waals surface area contributed by atoms with E-state index in [9.17, 15) is 4.79 Å². The number of benzene rings is 1. The van der Waals surface area contributed by atoms with Gasteiger partial charge < -0.3 is 9.84 Å². The van der Waals surface area contributed by atoms with Gasteiger partial charge in [-0.1, -0.05) is 17.7 Å². The van der Waals surface area contributed by atoms with Gasteiger partial charge in [-0.05, 0) is 56.2 Å². The molecule has 1 aliphatic rings. The van der Waals surface area contributed by atoms with E-state index >= 15 is 0 Å². The third-order valence-corrected chi connectivity index (χ3v) is 3.57. The molecule has 0 amide bonds. The molecule has 2 rings (SSSR count). The Bertz CT molecular complexity index is 459. The lowest BCUT2D eigenvalue weighted by atomic mass is 9.94.